The highest BCUT2D eigenvalue weighted by Gasteiger charge is 2.18. The number of benzene rings is 1. The van der Waals surface area contributed by atoms with E-state index in [0.717, 1.165) is 12.0 Å². The van der Waals surface area contributed by atoms with Crippen LogP contribution in [-0.4, -0.2) is 15.6 Å². The number of rotatable bonds is 5. The molecule has 1 heterocycles. The van der Waals surface area contributed by atoms with E-state index < -0.39 is 0 Å². The van der Waals surface area contributed by atoms with E-state index in [-0.39, 0.29) is 12.2 Å². The Morgan fingerprint density at radius 1 is 1.40 bits per heavy atom. The predicted octanol–water partition coefficient (Wildman–Crippen LogP) is 4.79. The highest BCUT2D eigenvalue weighted by Crippen LogP contribution is 2.24. The van der Waals surface area contributed by atoms with E-state index >= 15 is 0 Å². The lowest BCUT2D eigenvalue weighted by atomic mass is 10.1. The number of carbonyl (C=O) groups is 1. The fourth-order valence-corrected chi connectivity index (χ4v) is 2.94. The van der Waals surface area contributed by atoms with Crippen molar-refractivity contribution in [2.24, 2.45) is 0 Å². The van der Waals surface area contributed by atoms with Gasteiger partial charge in [0.05, 0.1) is 10.7 Å². The van der Waals surface area contributed by atoms with Crippen molar-refractivity contribution in [2.75, 3.05) is 0 Å². The maximum absolute atomic E-state index is 12.4. The molecule has 0 atom stereocenters. The minimum Gasteiger partial charge on any atom is -0.292 e. The van der Waals surface area contributed by atoms with Crippen molar-refractivity contribution in [1.29, 1.82) is 0 Å². The van der Waals surface area contributed by atoms with Crippen LogP contribution in [0.25, 0.3) is 0 Å². The molecule has 0 saturated carbocycles. The number of Topliss-reactive ketones (excluding diaryl/α,β-unsaturated/α-hetero) is 1. The van der Waals surface area contributed by atoms with Gasteiger partial charge in [0.1, 0.15) is 5.69 Å². The third-order valence-corrected chi connectivity index (χ3v) is 4.03. The lowest BCUT2D eigenvalue weighted by Gasteiger charge is -2.07. The molecule has 1 aromatic carbocycles. The maximum Gasteiger partial charge on any atom is 0.186 e. The Morgan fingerprint density at radius 3 is 2.80 bits per heavy atom. The standard InChI is InChI=1S/C14H13BrCl2N2O/c1-2-5-19-14(11(15)8-18-19)13(20)6-9-3-4-10(16)7-12(9)17/h3-4,7-8H,2,5-6H2,1H3. The number of nitrogens with zero attached hydrogens (tertiary/aromatic N) is 2. The first-order valence-electron chi connectivity index (χ1n) is 6.21. The quantitative estimate of drug-likeness (QED) is 0.704. The predicted molar refractivity (Wildman–Crippen MR) is 84.7 cm³/mol. The zero-order chi connectivity index (χ0) is 14.7. The molecule has 0 N–H and O–H groups in total. The average Bonchev–Trinajstić information content (AvgIpc) is 2.74. The molecule has 3 nitrogen and oxygen atoms in total. The second-order valence-electron chi connectivity index (χ2n) is 4.40. The largest absolute Gasteiger partial charge is 0.292 e. The van der Waals surface area contributed by atoms with E-state index in [2.05, 4.69) is 21.0 Å². The monoisotopic (exact) mass is 374 g/mol. The second kappa shape index (κ2) is 6.74. The summed E-state index contributed by atoms with van der Waals surface area (Å²) in [6.45, 7) is 2.75. The van der Waals surface area contributed by atoms with Crippen molar-refractivity contribution in [2.45, 2.75) is 26.3 Å². The number of aryl methyl sites for hydroxylation is 1. The number of hydrogen-bond acceptors (Lipinski definition) is 2. The van der Waals surface area contributed by atoms with Gasteiger partial charge in [0, 0.05) is 23.0 Å². The molecule has 0 amide bonds. The summed E-state index contributed by atoms with van der Waals surface area (Å²) in [7, 11) is 0. The maximum atomic E-state index is 12.4. The molecule has 1 aromatic heterocycles. The summed E-state index contributed by atoms with van der Waals surface area (Å²) in [5.74, 6) is -0.0213. The van der Waals surface area contributed by atoms with Crippen LogP contribution >= 0.6 is 39.1 Å². The summed E-state index contributed by atoms with van der Waals surface area (Å²) in [6, 6.07) is 5.15. The zero-order valence-corrected chi connectivity index (χ0v) is 14.0. The van der Waals surface area contributed by atoms with Crippen LogP contribution in [0, 0.1) is 0 Å². The van der Waals surface area contributed by atoms with Gasteiger partial charge in [0.15, 0.2) is 5.78 Å². The third-order valence-electron chi connectivity index (χ3n) is 2.86. The number of carbonyl (C=O) groups excluding carboxylic acids is 1. The summed E-state index contributed by atoms with van der Waals surface area (Å²) in [5, 5.41) is 5.26. The molecule has 2 rings (SSSR count). The van der Waals surface area contributed by atoms with Gasteiger partial charge in [-0.25, -0.2) is 0 Å². The van der Waals surface area contributed by atoms with Crippen LogP contribution in [-0.2, 0) is 13.0 Å². The van der Waals surface area contributed by atoms with Crippen molar-refractivity contribution >= 4 is 44.9 Å². The SMILES string of the molecule is CCCn1ncc(Br)c1C(=O)Cc1ccc(Cl)cc1Cl. The van der Waals surface area contributed by atoms with E-state index in [0.29, 0.717) is 26.8 Å². The van der Waals surface area contributed by atoms with Crippen molar-refractivity contribution in [3.8, 4) is 0 Å². The molecule has 0 aliphatic rings. The zero-order valence-electron chi connectivity index (χ0n) is 10.9. The highest BCUT2D eigenvalue weighted by molar-refractivity contribution is 9.10. The normalized spacial score (nSPS) is 10.8. The smallest absolute Gasteiger partial charge is 0.186 e. The van der Waals surface area contributed by atoms with Gasteiger partial charge in [0.2, 0.25) is 0 Å². The van der Waals surface area contributed by atoms with E-state index in [1.165, 1.54) is 0 Å². The van der Waals surface area contributed by atoms with Crippen molar-refractivity contribution in [3.05, 3.63) is 50.2 Å². The van der Waals surface area contributed by atoms with E-state index in [1.54, 1.807) is 29.1 Å². The summed E-state index contributed by atoms with van der Waals surface area (Å²) < 4.78 is 2.43. The number of ketones is 1. The van der Waals surface area contributed by atoms with Gasteiger partial charge in [-0.3, -0.25) is 9.48 Å². The Hall–Kier alpha value is -0.840. The average molecular weight is 376 g/mol. The minimum atomic E-state index is -0.0213. The van der Waals surface area contributed by atoms with Crippen LogP contribution in [0.15, 0.2) is 28.9 Å². The Morgan fingerprint density at radius 2 is 2.15 bits per heavy atom. The molecular weight excluding hydrogens is 363 g/mol. The fraction of sp³-hybridized carbons (Fsp3) is 0.286. The molecule has 0 saturated heterocycles. The van der Waals surface area contributed by atoms with E-state index in [1.807, 2.05) is 6.92 Å². The molecule has 20 heavy (non-hydrogen) atoms. The van der Waals surface area contributed by atoms with Crippen LogP contribution in [0.3, 0.4) is 0 Å². The Balaban J connectivity index is 2.26. The van der Waals surface area contributed by atoms with Gasteiger partial charge < -0.3 is 0 Å². The number of aromatic nitrogens is 2. The van der Waals surface area contributed by atoms with Gasteiger partial charge in [-0.2, -0.15) is 5.10 Å². The molecule has 0 fully saturated rings. The van der Waals surface area contributed by atoms with Crippen LogP contribution < -0.4 is 0 Å². The fourth-order valence-electron chi connectivity index (χ4n) is 1.94. The molecule has 2 aromatic rings. The number of halogens is 3. The van der Waals surface area contributed by atoms with E-state index in [9.17, 15) is 4.79 Å². The lowest BCUT2D eigenvalue weighted by molar-refractivity contribution is 0.0981. The summed E-state index contributed by atoms with van der Waals surface area (Å²) in [5.41, 5.74) is 1.34. The summed E-state index contributed by atoms with van der Waals surface area (Å²) >= 11 is 15.3. The summed E-state index contributed by atoms with van der Waals surface area (Å²) in [6.07, 6.45) is 2.78. The highest BCUT2D eigenvalue weighted by atomic mass is 79.9. The van der Waals surface area contributed by atoms with Crippen LogP contribution in [0.1, 0.15) is 29.4 Å². The minimum absolute atomic E-state index is 0.0213. The molecule has 106 valence electrons. The topological polar surface area (TPSA) is 34.9 Å². The molecule has 0 radical (unpaired) electrons. The van der Waals surface area contributed by atoms with Crippen LogP contribution in [0.2, 0.25) is 10.0 Å². The second-order valence-corrected chi connectivity index (χ2v) is 6.10. The molecular formula is C14H13BrCl2N2O. The first-order valence-corrected chi connectivity index (χ1v) is 7.76. The van der Waals surface area contributed by atoms with Crippen LogP contribution in [0.5, 0.6) is 0 Å². The molecule has 0 aliphatic heterocycles. The third kappa shape index (κ3) is 3.43. The van der Waals surface area contributed by atoms with Gasteiger partial charge in [0.25, 0.3) is 0 Å². The first kappa shape index (κ1) is 15.5. The van der Waals surface area contributed by atoms with Crippen molar-refractivity contribution in [1.82, 2.24) is 9.78 Å². The molecule has 0 unspecified atom stereocenters. The molecule has 6 heteroatoms. The van der Waals surface area contributed by atoms with Gasteiger partial charge in [-0.05, 0) is 40.0 Å². The Kier molecular flexibility index (Phi) is 5.24. The van der Waals surface area contributed by atoms with Crippen molar-refractivity contribution in [3.63, 3.8) is 0 Å². The van der Waals surface area contributed by atoms with Gasteiger partial charge in [-0.1, -0.05) is 36.2 Å². The Labute approximate surface area is 136 Å². The number of hydrogen-bond donors (Lipinski definition) is 0. The summed E-state index contributed by atoms with van der Waals surface area (Å²) in [4.78, 5) is 12.4. The molecule has 0 aliphatic carbocycles. The first-order chi connectivity index (χ1) is 9.52. The van der Waals surface area contributed by atoms with Gasteiger partial charge >= 0.3 is 0 Å². The van der Waals surface area contributed by atoms with E-state index in [4.69, 9.17) is 23.2 Å². The van der Waals surface area contributed by atoms with Crippen LogP contribution in [0.4, 0.5) is 0 Å². The van der Waals surface area contributed by atoms with Crippen molar-refractivity contribution < 1.29 is 4.79 Å². The van der Waals surface area contributed by atoms with Gasteiger partial charge in [-0.15, -0.1) is 0 Å². The lowest BCUT2D eigenvalue weighted by Crippen LogP contribution is -2.13. The molecule has 0 bridgehead atoms. The Bertz CT molecular complexity index is 640. The molecule has 0 spiro atoms.